The zero-order valence-electron chi connectivity index (χ0n) is 30.8. The van der Waals surface area contributed by atoms with Gasteiger partial charge < -0.3 is 0 Å². The molecule has 3 aromatic heterocycles. The third-order valence-electron chi connectivity index (χ3n) is 11.9. The van der Waals surface area contributed by atoms with Crippen molar-refractivity contribution >= 4 is 84.2 Å². The third-order valence-corrected chi connectivity index (χ3v) is 23.3. The van der Waals surface area contributed by atoms with Gasteiger partial charge in [0.05, 0.1) is 0 Å². The molecule has 0 saturated carbocycles. The molecule has 0 fully saturated rings. The Morgan fingerprint density at radius 3 is 1.75 bits per heavy atom. The first-order valence-electron chi connectivity index (χ1n) is 19.4. The van der Waals surface area contributed by atoms with E-state index in [0.717, 1.165) is 34.0 Å². The maximum absolute atomic E-state index is 5.77. The molecule has 0 aliphatic carbocycles. The number of fused-ring (bicyclic) bond motifs is 10. The summed E-state index contributed by atoms with van der Waals surface area (Å²) in [5.41, 5.74) is 8.90. The predicted octanol–water partition coefficient (Wildman–Crippen LogP) is 10.6. The molecule has 0 saturated heterocycles. The Morgan fingerprint density at radius 2 is 1.00 bits per heavy atom. The number of hydrogen-bond donors (Lipinski definition) is 0. The van der Waals surface area contributed by atoms with Gasteiger partial charge in [0.1, 0.15) is 0 Å². The summed E-state index contributed by atoms with van der Waals surface area (Å²) < 4.78 is 10.5. The van der Waals surface area contributed by atoms with E-state index < -0.39 is 13.3 Å². The topological polar surface area (TPSA) is 30.7 Å². The van der Waals surface area contributed by atoms with Crippen molar-refractivity contribution in [1.82, 2.24) is 14.5 Å². The van der Waals surface area contributed by atoms with E-state index in [2.05, 4.69) is 205 Å². The number of hydrogen-bond acceptors (Lipinski definition) is 3. The zero-order chi connectivity index (χ0) is 37.5. The van der Waals surface area contributed by atoms with Crippen LogP contribution in [0.2, 0.25) is 0 Å². The molecule has 0 bridgehead atoms. The van der Waals surface area contributed by atoms with Gasteiger partial charge in [-0.15, -0.1) is 0 Å². The van der Waals surface area contributed by atoms with Crippen LogP contribution in [0.4, 0.5) is 0 Å². The minimum atomic E-state index is -3.80. The summed E-state index contributed by atoms with van der Waals surface area (Å²) in [7, 11) is 0. The van der Waals surface area contributed by atoms with E-state index in [1.165, 1.54) is 65.1 Å². The van der Waals surface area contributed by atoms with Crippen LogP contribution in [0.3, 0.4) is 0 Å². The molecule has 57 heavy (non-hydrogen) atoms. The fourth-order valence-electron chi connectivity index (χ4n) is 9.57. The fourth-order valence-corrected chi connectivity index (χ4v) is 21.8. The Hall–Kier alpha value is -6.60. The van der Waals surface area contributed by atoms with E-state index in [1.807, 2.05) is 11.3 Å². The van der Waals surface area contributed by atoms with Crippen LogP contribution in [0.5, 0.6) is 0 Å². The molecule has 266 valence electrons. The average molecular weight is 805 g/mol. The van der Waals surface area contributed by atoms with Crippen LogP contribution >= 0.6 is 11.3 Å². The van der Waals surface area contributed by atoms with Crippen LogP contribution in [-0.2, 0) is 0 Å². The second kappa shape index (κ2) is 12.7. The average Bonchev–Trinajstić information content (AvgIpc) is 3.94. The van der Waals surface area contributed by atoms with E-state index in [9.17, 15) is 0 Å². The molecule has 0 atom stereocenters. The van der Waals surface area contributed by atoms with E-state index in [0.29, 0.717) is 0 Å². The van der Waals surface area contributed by atoms with Gasteiger partial charge >= 0.3 is 338 Å². The molecule has 0 N–H and O–H groups in total. The quantitative estimate of drug-likeness (QED) is 0.162. The molecule has 1 aliphatic rings. The number of thiophene rings is 1. The molecule has 0 radical (unpaired) electrons. The van der Waals surface area contributed by atoms with Crippen molar-refractivity contribution in [2.24, 2.45) is 0 Å². The summed E-state index contributed by atoms with van der Waals surface area (Å²) in [4.78, 5) is 11.4. The normalized spacial score (nSPS) is 13.1. The van der Waals surface area contributed by atoms with Crippen LogP contribution in [0.25, 0.3) is 81.6 Å². The maximum atomic E-state index is 5.77. The summed E-state index contributed by atoms with van der Waals surface area (Å²) in [5, 5.41) is 5.08. The summed E-state index contributed by atoms with van der Waals surface area (Å²) in [5.74, 6) is 0.738. The van der Waals surface area contributed by atoms with Crippen molar-refractivity contribution in [2.45, 2.75) is 0 Å². The standard InChI is InChI=1S/C52H33GeN3S/c1-4-18-34(19-5-1)52-54-48-41-26-10-14-28-43(41)53(35-20-6-2-7-21-35,36-22-8-3-9-23-36)47(48)49(55-52)42-27-12-16-30-45(42)56-44-29-15-11-24-37(44)39-32-33-40-38-25-13-17-31-46(38)57-51(40)50(39)56/h1-33H. The van der Waals surface area contributed by atoms with E-state index >= 15 is 0 Å². The van der Waals surface area contributed by atoms with Gasteiger partial charge in [0.2, 0.25) is 0 Å². The third kappa shape index (κ3) is 4.66. The zero-order valence-corrected chi connectivity index (χ0v) is 33.7. The van der Waals surface area contributed by atoms with Gasteiger partial charge in [-0.2, -0.15) is 0 Å². The van der Waals surface area contributed by atoms with E-state index in [-0.39, 0.29) is 0 Å². The van der Waals surface area contributed by atoms with Gasteiger partial charge in [-0.1, -0.05) is 0 Å². The van der Waals surface area contributed by atoms with Crippen molar-refractivity contribution in [3.05, 3.63) is 200 Å². The molecule has 11 aromatic rings. The Bertz CT molecular complexity index is 3310. The first kappa shape index (κ1) is 32.6. The minimum absolute atomic E-state index is 0.738. The van der Waals surface area contributed by atoms with Gasteiger partial charge in [0, 0.05) is 0 Å². The molecule has 3 nitrogen and oxygen atoms in total. The van der Waals surface area contributed by atoms with Crippen molar-refractivity contribution in [3.63, 3.8) is 0 Å². The Kier molecular flexibility index (Phi) is 7.28. The summed E-state index contributed by atoms with van der Waals surface area (Å²) >= 11 is -1.91. The van der Waals surface area contributed by atoms with E-state index in [4.69, 9.17) is 9.97 Å². The fraction of sp³-hybridized carbons (Fsp3) is 0. The molecule has 0 unspecified atom stereocenters. The molecule has 0 spiro atoms. The second-order valence-corrected chi connectivity index (χ2v) is 23.6. The Labute approximate surface area is 336 Å². The second-order valence-electron chi connectivity index (χ2n) is 14.8. The molecule has 0 amide bonds. The van der Waals surface area contributed by atoms with Crippen LogP contribution in [-0.4, -0.2) is 27.8 Å². The number of rotatable bonds is 5. The molecular formula is C52H33GeN3S. The summed E-state index contributed by atoms with van der Waals surface area (Å²) in [6.07, 6.45) is 0. The Balaban J connectivity index is 1.26. The first-order chi connectivity index (χ1) is 28.3. The predicted molar refractivity (Wildman–Crippen MR) is 243 cm³/mol. The first-order valence-corrected chi connectivity index (χ1v) is 24.4. The van der Waals surface area contributed by atoms with Gasteiger partial charge in [0.25, 0.3) is 0 Å². The molecule has 12 rings (SSSR count). The van der Waals surface area contributed by atoms with Gasteiger partial charge in [-0.05, 0) is 0 Å². The number of aromatic nitrogens is 3. The van der Waals surface area contributed by atoms with Crippen molar-refractivity contribution in [2.75, 3.05) is 0 Å². The van der Waals surface area contributed by atoms with Crippen molar-refractivity contribution in [1.29, 1.82) is 0 Å². The molecule has 1 aliphatic heterocycles. The monoisotopic (exact) mass is 805 g/mol. The molecule has 8 aromatic carbocycles. The number of nitrogens with zero attached hydrogens (tertiary/aromatic N) is 3. The van der Waals surface area contributed by atoms with Gasteiger partial charge in [-0.3, -0.25) is 0 Å². The van der Waals surface area contributed by atoms with Gasteiger partial charge in [-0.25, -0.2) is 0 Å². The number of para-hydroxylation sites is 2. The van der Waals surface area contributed by atoms with Crippen molar-refractivity contribution in [3.8, 4) is 39.6 Å². The van der Waals surface area contributed by atoms with Crippen LogP contribution in [0.1, 0.15) is 0 Å². The Morgan fingerprint density at radius 1 is 0.439 bits per heavy atom. The number of benzene rings is 8. The van der Waals surface area contributed by atoms with Crippen LogP contribution in [0.15, 0.2) is 200 Å². The SMILES string of the molecule is c1ccc(-c2nc(-c3ccccc3-n3c4ccccc4c4ccc5c6ccccc6sc5c43)[c]3c(n2)-c2cccc[c]2[Ge]3([c]2ccccc2)[c]2ccccc2)cc1. The molecular weight excluding hydrogens is 771 g/mol. The summed E-state index contributed by atoms with van der Waals surface area (Å²) in [6.45, 7) is 0. The molecule has 5 heteroatoms. The summed E-state index contributed by atoms with van der Waals surface area (Å²) in [6, 6.07) is 73.3. The van der Waals surface area contributed by atoms with E-state index in [1.54, 1.807) is 0 Å². The van der Waals surface area contributed by atoms with Crippen LogP contribution < -0.4 is 17.6 Å². The molecule has 4 heterocycles. The van der Waals surface area contributed by atoms with Crippen molar-refractivity contribution < 1.29 is 0 Å². The van der Waals surface area contributed by atoms with Gasteiger partial charge in [0.15, 0.2) is 0 Å². The van der Waals surface area contributed by atoms with Crippen LogP contribution in [0, 0.1) is 0 Å².